The minimum absolute atomic E-state index is 0.0283. The van der Waals surface area contributed by atoms with E-state index >= 15 is 0 Å². The number of allylic oxidation sites excluding steroid dienone is 4. The van der Waals surface area contributed by atoms with Gasteiger partial charge in [0.15, 0.2) is 5.78 Å². The minimum Gasteiger partial charge on any atom is -0.378 e. The predicted octanol–water partition coefficient (Wildman–Crippen LogP) is 4.60. The quantitative estimate of drug-likeness (QED) is 0.574. The smallest absolute Gasteiger partial charge is 0.178 e. The zero-order valence-corrected chi connectivity index (χ0v) is 13.5. The van der Waals surface area contributed by atoms with Crippen LogP contribution in [0.25, 0.3) is 12.2 Å². The van der Waals surface area contributed by atoms with Crippen LogP contribution in [0.15, 0.2) is 78.9 Å². The molecule has 2 aromatic rings. The van der Waals surface area contributed by atoms with Gasteiger partial charge in [0.25, 0.3) is 0 Å². The van der Waals surface area contributed by atoms with Gasteiger partial charge in [0.2, 0.25) is 0 Å². The molecule has 0 heterocycles. The van der Waals surface area contributed by atoms with E-state index in [1.165, 1.54) is 0 Å². The first kappa shape index (κ1) is 16.5. The summed E-state index contributed by atoms with van der Waals surface area (Å²) in [6.45, 7) is 0. The topological polar surface area (TPSA) is 20.3 Å². The lowest BCUT2D eigenvalue weighted by Gasteiger charge is -2.11. The molecule has 2 heteroatoms. The van der Waals surface area contributed by atoms with Gasteiger partial charge in [-0.3, -0.25) is 4.79 Å². The van der Waals surface area contributed by atoms with Crippen LogP contribution >= 0.6 is 0 Å². The van der Waals surface area contributed by atoms with Crippen molar-refractivity contribution in [1.82, 2.24) is 0 Å². The van der Waals surface area contributed by atoms with E-state index in [0.29, 0.717) is 0 Å². The lowest BCUT2D eigenvalue weighted by molar-refractivity contribution is -0.110. The maximum atomic E-state index is 11.8. The van der Waals surface area contributed by atoms with Crippen LogP contribution in [-0.4, -0.2) is 19.9 Å². The maximum Gasteiger partial charge on any atom is 0.178 e. The Hall–Kier alpha value is -2.87. The fraction of sp³-hybridized carbons (Fsp3) is 0.0952. The van der Waals surface area contributed by atoms with Crippen molar-refractivity contribution in [2.45, 2.75) is 0 Å². The zero-order valence-electron chi connectivity index (χ0n) is 13.5. The zero-order chi connectivity index (χ0) is 16.5. The highest BCUT2D eigenvalue weighted by Crippen LogP contribution is 2.13. The summed E-state index contributed by atoms with van der Waals surface area (Å²) in [6.07, 6.45) is 10.6. The molecule has 2 nitrogen and oxygen atoms in total. The van der Waals surface area contributed by atoms with Gasteiger partial charge in [-0.2, -0.15) is 0 Å². The van der Waals surface area contributed by atoms with Gasteiger partial charge in [0.1, 0.15) is 0 Å². The summed E-state index contributed by atoms with van der Waals surface area (Å²) in [5.41, 5.74) is 3.26. The molecule has 0 unspecified atom stereocenters. The maximum absolute atomic E-state index is 11.8. The second kappa shape index (κ2) is 8.54. The van der Waals surface area contributed by atoms with Crippen molar-refractivity contribution in [3.05, 3.63) is 90.0 Å². The highest BCUT2D eigenvalue weighted by molar-refractivity contribution is 6.02. The largest absolute Gasteiger partial charge is 0.378 e. The molecule has 0 aromatic heterocycles. The molecule has 0 saturated heterocycles. The van der Waals surface area contributed by atoms with E-state index in [1.54, 1.807) is 18.2 Å². The molecule has 0 N–H and O–H groups in total. The average Bonchev–Trinajstić information content (AvgIpc) is 2.58. The Balaban J connectivity index is 1.88. The van der Waals surface area contributed by atoms with Crippen molar-refractivity contribution in [2.24, 2.45) is 0 Å². The second-order valence-corrected chi connectivity index (χ2v) is 5.35. The highest BCUT2D eigenvalue weighted by atomic mass is 16.1. The molecule has 0 amide bonds. The molecule has 2 aromatic carbocycles. The normalized spacial score (nSPS) is 11.6. The molecular formula is C21H21NO. The van der Waals surface area contributed by atoms with Crippen molar-refractivity contribution in [3.8, 4) is 0 Å². The SMILES string of the molecule is CN(C)c1ccc(/C=C/C(=O)/C=C/C=C/c2ccccc2)cc1. The van der Waals surface area contributed by atoms with Gasteiger partial charge in [-0.1, -0.05) is 66.8 Å². The van der Waals surface area contributed by atoms with Crippen LogP contribution in [0.1, 0.15) is 11.1 Å². The van der Waals surface area contributed by atoms with Crippen LogP contribution in [0.5, 0.6) is 0 Å². The highest BCUT2D eigenvalue weighted by Gasteiger charge is 1.94. The van der Waals surface area contributed by atoms with Crippen molar-refractivity contribution < 1.29 is 4.79 Å². The standard InChI is InChI=1S/C21H21NO/c1-22(2)20-15-12-19(13-16-20)14-17-21(23)11-7-6-10-18-8-4-3-5-9-18/h3-17H,1-2H3/b10-6+,11-7+,17-14+. The molecule has 0 aliphatic carbocycles. The fourth-order valence-corrected chi connectivity index (χ4v) is 2.00. The Morgan fingerprint density at radius 2 is 1.43 bits per heavy atom. The molecule has 0 aliphatic heterocycles. The van der Waals surface area contributed by atoms with E-state index in [1.807, 2.05) is 91.8 Å². The number of nitrogens with zero attached hydrogens (tertiary/aromatic N) is 1. The fourth-order valence-electron chi connectivity index (χ4n) is 2.00. The Labute approximate surface area is 138 Å². The van der Waals surface area contributed by atoms with E-state index in [9.17, 15) is 4.79 Å². The lowest BCUT2D eigenvalue weighted by atomic mass is 10.1. The summed E-state index contributed by atoms with van der Waals surface area (Å²) in [4.78, 5) is 13.8. The van der Waals surface area contributed by atoms with Gasteiger partial charge >= 0.3 is 0 Å². The van der Waals surface area contributed by atoms with Crippen LogP contribution in [0.2, 0.25) is 0 Å². The number of carbonyl (C=O) groups is 1. The van der Waals surface area contributed by atoms with E-state index in [4.69, 9.17) is 0 Å². The Morgan fingerprint density at radius 1 is 0.783 bits per heavy atom. The van der Waals surface area contributed by atoms with E-state index in [2.05, 4.69) is 0 Å². The van der Waals surface area contributed by atoms with Gasteiger partial charge in [0, 0.05) is 19.8 Å². The minimum atomic E-state index is -0.0283. The Bertz CT molecular complexity index is 707. The van der Waals surface area contributed by atoms with Gasteiger partial charge in [-0.05, 0) is 35.4 Å². The number of hydrogen-bond donors (Lipinski definition) is 0. The van der Waals surface area contributed by atoms with Crippen LogP contribution in [-0.2, 0) is 4.79 Å². The molecule has 0 fully saturated rings. The van der Waals surface area contributed by atoms with Gasteiger partial charge < -0.3 is 4.90 Å². The third kappa shape index (κ3) is 5.79. The molecule has 0 atom stereocenters. The molecular weight excluding hydrogens is 282 g/mol. The summed E-state index contributed by atoms with van der Waals surface area (Å²) in [5, 5.41) is 0. The number of carbonyl (C=O) groups excluding carboxylic acids is 1. The summed E-state index contributed by atoms with van der Waals surface area (Å²) in [7, 11) is 4.00. The first-order chi connectivity index (χ1) is 11.1. The monoisotopic (exact) mass is 303 g/mol. The van der Waals surface area contributed by atoms with E-state index < -0.39 is 0 Å². The molecule has 0 aliphatic rings. The summed E-state index contributed by atoms with van der Waals surface area (Å²) in [5.74, 6) is -0.0283. The average molecular weight is 303 g/mol. The van der Waals surface area contributed by atoms with Crippen LogP contribution in [0, 0.1) is 0 Å². The van der Waals surface area contributed by atoms with Crippen molar-refractivity contribution in [1.29, 1.82) is 0 Å². The first-order valence-electron chi connectivity index (χ1n) is 7.54. The molecule has 23 heavy (non-hydrogen) atoms. The molecule has 0 radical (unpaired) electrons. The van der Waals surface area contributed by atoms with Crippen molar-refractivity contribution in [2.75, 3.05) is 19.0 Å². The second-order valence-electron chi connectivity index (χ2n) is 5.35. The summed E-state index contributed by atoms with van der Waals surface area (Å²) in [6, 6.07) is 18.0. The first-order valence-corrected chi connectivity index (χ1v) is 7.54. The molecule has 116 valence electrons. The number of benzene rings is 2. The third-order valence-electron chi connectivity index (χ3n) is 3.31. The van der Waals surface area contributed by atoms with Crippen molar-refractivity contribution >= 4 is 23.6 Å². The van der Waals surface area contributed by atoms with Gasteiger partial charge in [-0.25, -0.2) is 0 Å². The lowest BCUT2D eigenvalue weighted by Crippen LogP contribution is -2.07. The third-order valence-corrected chi connectivity index (χ3v) is 3.31. The Kier molecular flexibility index (Phi) is 6.13. The summed E-state index contributed by atoms with van der Waals surface area (Å²) < 4.78 is 0. The van der Waals surface area contributed by atoms with Crippen molar-refractivity contribution in [3.63, 3.8) is 0 Å². The van der Waals surface area contributed by atoms with Crippen LogP contribution < -0.4 is 4.90 Å². The number of rotatable bonds is 6. The van der Waals surface area contributed by atoms with E-state index in [-0.39, 0.29) is 5.78 Å². The number of anilines is 1. The van der Waals surface area contributed by atoms with Crippen LogP contribution in [0.3, 0.4) is 0 Å². The summed E-state index contributed by atoms with van der Waals surface area (Å²) >= 11 is 0. The van der Waals surface area contributed by atoms with E-state index in [0.717, 1.165) is 16.8 Å². The number of ketones is 1. The predicted molar refractivity (Wildman–Crippen MR) is 99.4 cm³/mol. The number of hydrogen-bond acceptors (Lipinski definition) is 2. The molecule has 2 rings (SSSR count). The molecule has 0 bridgehead atoms. The van der Waals surface area contributed by atoms with Gasteiger partial charge in [0.05, 0.1) is 0 Å². The molecule has 0 spiro atoms. The van der Waals surface area contributed by atoms with Gasteiger partial charge in [-0.15, -0.1) is 0 Å². The Morgan fingerprint density at radius 3 is 2.09 bits per heavy atom. The van der Waals surface area contributed by atoms with Crippen LogP contribution in [0.4, 0.5) is 5.69 Å². The molecule has 0 saturated carbocycles.